The van der Waals surface area contributed by atoms with E-state index in [0.717, 1.165) is 24.4 Å². The molecule has 1 aromatic rings. The zero-order chi connectivity index (χ0) is 7.40. The zero-order valence-electron chi connectivity index (χ0n) is 6.13. The van der Waals surface area contributed by atoms with Gasteiger partial charge in [0.05, 0.1) is 5.69 Å². The van der Waals surface area contributed by atoms with E-state index in [4.69, 9.17) is 10.2 Å². The van der Waals surface area contributed by atoms with Gasteiger partial charge in [-0.05, 0) is 6.42 Å². The Hall–Kier alpha value is -0.830. The van der Waals surface area contributed by atoms with Crippen molar-refractivity contribution in [1.29, 1.82) is 0 Å². The van der Waals surface area contributed by atoms with Crippen molar-refractivity contribution in [2.45, 2.75) is 26.3 Å². The van der Waals surface area contributed by atoms with E-state index < -0.39 is 0 Å². The molecular weight excluding hydrogens is 128 g/mol. The summed E-state index contributed by atoms with van der Waals surface area (Å²) in [6, 6.07) is 0. The highest BCUT2D eigenvalue weighted by molar-refractivity contribution is 4.95. The van der Waals surface area contributed by atoms with Crippen LogP contribution in [0.3, 0.4) is 0 Å². The molecule has 0 bridgehead atoms. The van der Waals surface area contributed by atoms with E-state index >= 15 is 0 Å². The van der Waals surface area contributed by atoms with Gasteiger partial charge in [-0.1, -0.05) is 6.92 Å². The van der Waals surface area contributed by atoms with Crippen LogP contribution in [0.2, 0.25) is 0 Å². The third-order valence-corrected chi connectivity index (χ3v) is 1.27. The van der Waals surface area contributed by atoms with Gasteiger partial charge in [-0.2, -0.15) is 0 Å². The minimum absolute atomic E-state index is 0.465. The van der Waals surface area contributed by atoms with E-state index in [2.05, 4.69) is 11.9 Å². The Balaban J connectivity index is 2.59. The van der Waals surface area contributed by atoms with E-state index in [1.807, 2.05) is 0 Å². The predicted molar refractivity (Wildman–Crippen MR) is 38.4 cm³/mol. The molecule has 0 aliphatic heterocycles. The predicted octanol–water partition coefficient (Wildman–Crippen LogP) is 1.09. The lowest BCUT2D eigenvalue weighted by Gasteiger charge is -1.85. The summed E-state index contributed by atoms with van der Waals surface area (Å²) in [6.45, 7) is 2.56. The number of nitrogens with two attached hydrogens (primary N) is 1. The minimum atomic E-state index is 0.465. The normalized spacial score (nSPS) is 10.2. The molecular formula is C7H12N2O. The lowest BCUT2D eigenvalue weighted by Crippen LogP contribution is -1.96. The number of rotatable bonds is 3. The van der Waals surface area contributed by atoms with Gasteiger partial charge in [0.2, 0.25) is 0 Å². The first-order valence-corrected chi connectivity index (χ1v) is 3.50. The number of hydrogen-bond acceptors (Lipinski definition) is 3. The van der Waals surface area contributed by atoms with Crippen LogP contribution in [0.25, 0.3) is 0 Å². The van der Waals surface area contributed by atoms with E-state index in [-0.39, 0.29) is 0 Å². The molecule has 0 amide bonds. The molecule has 1 rings (SSSR count). The van der Waals surface area contributed by atoms with E-state index in [1.165, 1.54) is 0 Å². The SMILES string of the molecule is CCCc1nc(CN)co1. The Morgan fingerprint density at radius 1 is 1.70 bits per heavy atom. The van der Waals surface area contributed by atoms with E-state index in [9.17, 15) is 0 Å². The highest BCUT2D eigenvalue weighted by Crippen LogP contribution is 2.02. The van der Waals surface area contributed by atoms with Crippen LogP contribution in [0.1, 0.15) is 24.9 Å². The molecule has 0 unspecified atom stereocenters. The van der Waals surface area contributed by atoms with Gasteiger partial charge in [0, 0.05) is 13.0 Å². The highest BCUT2D eigenvalue weighted by Gasteiger charge is 1.99. The number of hydrogen-bond donors (Lipinski definition) is 1. The summed E-state index contributed by atoms with van der Waals surface area (Å²) >= 11 is 0. The summed E-state index contributed by atoms with van der Waals surface area (Å²) in [5.41, 5.74) is 6.17. The van der Waals surface area contributed by atoms with E-state index in [0.29, 0.717) is 6.54 Å². The maximum atomic E-state index is 5.34. The van der Waals surface area contributed by atoms with Crippen molar-refractivity contribution >= 4 is 0 Å². The lowest BCUT2D eigenvalue weighted by atomic mass is 10.3. The molecule has 0 aliphatic rings. The lowest BCUT2D eigenvalue weighted by molar-refractivity contribution is 0.491. The summed E-state index contributed by atoms with van der Waals surface area (Å²) in [7, 11) is 0. The quantitative estimate of drug-likeness (QED) is 0.683. The van der Waals surface area contributed by atoms with Gasteiger partial charge in [0.1, 0.15) is 6.26 Å². The summed E-state index contributed by atoms with van der Waals surface area (Å²) < 4.78 is 5.10. The van der Waals surface area contributed by atoms with Crippen molar-refractivity contribution in [2.75, 3.05) is 0 Å². The molecule has 0 aliphatic carbocycles. The maximum absolute atomic E-state index is 5.34. The van der Waals surface area contributed by atoms with Crippen LogP contribution in [0.15, 0.2) is 10.7 Å². The minimum Gasteiger partial charge on any atom is -0.449 e. The largest absolute Gasteiger partial charge is 0.449 e. The molecule has 56 valence electrons. The van der Waals surface area contributed by atoms with Crippen molar-refractivity contribution in [2.24, 2.45) is 5.73 Å². The van der Waals surface area contributed by atoms with Crippen LogP contribution >= 0.6 is 0 Å². The fourth-order valence-corrected chi connectivity index (χ4v) is 0.771. The molecule has 0 atom stereocenters. The highest BCUT2D eigenvalue weighted by atomic mass is 16.3. The first kappa shape index (κ1) is 7.28. The number of aryl methyl sites for hydroxylation is 1. The van der Waals surface area contributed by atoms with Crippen molar-refractivity contribution in [3.05, 3.63) is 17.8 Å². The second-order valence-electron chi connectivity index (χ2n) is 2.19. The molecule has 3 heteroatoms. The molecule has 3 nitrogen and oxygen atoms in total. The van der Waals surface area contributed by atoms with Crippen LogP contribution in [0.4, 0.5) is 0 Å². The summed E-state index contributed by atoms with van der Waals surface area (Å²) in [5.74, 6) is 0.794. The second kappa shape index (κ2) is 3.37. The molecule has 0 fully saturated rings. The number of aromatic nitrogens is 1. The Kier molecular flexibility index (Phi) is 2.45. The monoisotopic (exact) mass is 140 g/mol. The second-order valence-corrected chi connectivity index (χ2v) is 2.19. The third-order valence-electron chi connectivity index (χ3n) is 1.27. The molecule has 2 N–H and O–H groups in total. The Bertz CT molecular complexity index is 195. The van der Waals surface area contributed by atoms with E-state index in [1.54, 1.807) is 6.26 Å². The van der Waals surface area contributed by atoms with Crippen molar-refractivity contribution in [3.63, 3.8) is 0 Å². The van der Waals surface area contributed by atoms with Gasteiger partial charge >= 0.3 is 0 Å². The van der Waals surface area contributed by atoms with Crippen LogP contribution in [0, 0.1) is 0 Å². The third kappa shape index (κ3) is 1.57. The average Bonchev–Trinajstić information content (AvgIpc) is 2.37. The Labute approximate surface area is 60.2 Å². The molecule has 1 heterocycles. The van der Waals surface area contributed by atoms with Crippen LogP contribution < -0.4 is 5.73 Å². The maximum Gasteiger partial charge on any atom is 0.194 e. The fourth-order valence-electron chi connectivity index (χ4n) is 0.771. The first-order chi connectivity index (χ1) is 4.86. The average molecular weight is 140 g/mol. The van der Waals surface area contributed by atoms with Crippen molar-refractivity contribution < 1.29 is 4.42 Å². The number of nitrogens with zero attached hydrogens (tertiary/aromatic N) is 1. The standard InChI is InChI=1S/C7H12N2O/c1-2-3-7-9-6(4-8)5-10-7/h5H,2-4,8H2,1H3. The summed E-state index contributed by atoms with van der Waals surface area (Å²) in [6.07, 6.45) is 3.58. The van der Waals surface area contributed by atoms with Crippen LogP contribution in [-0.2, 0) is 13.0 Å². The van der Waals surface area contributed by atoms with Gasteiger partial charge in [-0.15, -0.1) is 0 Å². The van der Waals surface area contributed by atoms with Crippen molar-refractivity contribution in [1.82, 2.24) is 4.98 Å². The molecule has 0 saturated heterocycles. The topological polar surface area (TPSA) is 52.0 Å². The zero-order valence-corrected chi connectivity index (χ0v) is 6.13. The Morgan fingerprint density at radius 3 is 3.00 bits per heavy atom. The smallest absolute Gasteiger partial charge is 0.194 e. The summed E-state index contributed by atoms with van der Waals surface area (Å²) in [4.78, 5) is 4.13. The van der Waals surface area contributed by atoms with Crippen LogP contribution in [-0.4, -0.2) is 4.98 Å². The molecule has 0 spiro atoms. The fraction of sp³-hybridized carbons (Fsp3) is 0.571. The van der Waals surface area contributed by atoms with Gasteiger partial charge < -0.3 is 10.2 Å². The molecule has 1 aromatic heterocycles. The first-order valence-electron chi connectivity index (χ1n) is 3.50. The van der Waals surface area contributed by atoms with Crippen molar-refractivity contribution in [3.8, 4) is 0 Å². The van der Waals surface area contributed by atoms with Gasteiger partial charge in [0.15, 0.2) is 5.89 Å². The molecule has 10 heavy (non-hydrogen) atoms. The molecule has 0 radical (unpaired) electrons. The molecule has 0 saturated carbocycles. The van der Waals surface area contributed by atoms with Gasteiger partial charge in [0.25, 0.3) is 0 Å². The summed E-state index contributed by atoms with van der Waals surface area (Å²) in [5, 5.41) is 0. The molecule has 0 aromatic carbocycles. The Morgan fingerprint density at radius 2 is 2.50 bits per heavy atom. The van der Waals surface area contributed by atoms with Gasteiger partial charge in [-0.3, -0.25) is 0 Å². The van der Waals surface area contributed by atoms with Gasteiger partial charge in [-0.25, -0.2) is 4.98 Å². The number of oxazole rings is 1. The van der Waals surface area contributed by atoms with Crippen LogP contribution in [0.5, 0.6) is 0 Å².